The highest BCUT2D eigenvalue weighted by Crippen LogP contribution is 2.37. The molecule has 3 N–H and O–H groups in total. The van der Waals surface area contributed by atoms with Gasteiger partial charge in [0, 0.05) is 21.1 Å². The molecule has 0 spiro atoms. The number of amides is 1. The molecule has 0 unspecified atom stereocenters. The third-order valence-corrected chi connectivity index (χ3v) is 4.29. The first-order chi connectivity index (χ1) is 8.50. The number of rotatable bonds is 3. The number of nitrogen functional groups attached to an aromatic ring is 1. The van der Waals surface area contributed by atoms with Crippen molar-refractivity contribution in [2.24, 2.45) is 0 Å². The standard InChI is InChI=1S/C13H13BrN2OS/c1-7(2)6-16-13(17)12-11(15)10-8(14)4-3-5-9(10)18-12/h3-5H,1,6,15H2,2H3,(H,16,17). The van der Waals surface area contributed by atoms with Gasteiger partial charge in [0.2, 0.25) is 0 Å². The fourth-order valence-corrected chi connectivity index (χ4v) is 3.39. The van der Waals surface area contributed by atoms with Crippen LogP contribution in [0.3, 0.4) is 0 Å². The molecule has 0 saturated heterocycles. The molecule has 0 bridgehead atoms. The minimum Gasteiger partial charge on any atom is -0.397 e. The smallest absolute Gasteiger partial charge is 0.263 e. The number of nitrogens with two attached hydrogens (primary N) is 1. The summed E-state index contributed by atoms with van der Waals surface area (Å²) in [4.78, 5) is 12.6. The molecule has 0 atom stereocenters. The van der Waals surface area contributed by atoms with E-state index in [0.29, 0.717) is 17.1 Å². The molecule has 0 radical (unpaired) electrons. The molecule has 0 aliphatic carbocycles. The largest absolute Gasteiger partial charge is 0.397 e. The van der Waals surface area contributed by atoms with E-state index in [9.17, 15) is 4.79 Å². The number of thiophene rings is 1. The zero-order chi connectivity index (χ0) is 13.3. The molecule has 1 amide bonds. The van der Waals surface area contributed by atoms with E-state index in [0.717, 1.165) is 20.1 Å². The molecule has 3 nitrogen and oxygen atoms in total. The third-order valence-electron chi connectivity index (χ3n) is 2.46. The second-order valence-electron chi connectivity index (χ2n) is 4.10. The Balaban J connectivity index is 2.40. The molecule has 5 heteroatoms. The molecule has 1 aromatic heterocycles. The first kappa shape index (κ1) is 13.1. The monoisotopic (exact) mass is 324 g/mol. The lowest BCUT2D eigenvalue weighted by Gasteiger charge is -2.03. The summed E-state index contributed by atoms with van der Waals surface area (Å²) in [5.74, 6) is -0.149. The van der Waals surface area contributed by atoms with Crippen LogP contribution in [0, 0.1) is 0 Å². The van der Waals surface area contributed by atoms with Crippen LogP contribution in [-0.2, 0) is 0 Å². The Bertz CT molecular complexity index is 633. The summed E-state index contributed by atoms with van der Waals surface area (Å²) in [5, 5.41) is 3.70. The van der Waals surface area contributed by atoms with Gasteiger partial charge in [-0.25, -0.2) is 0 Å². The van der Waals surface area contributed by atoms with E-state index in [-0.39, 0.29) is 5.91 Å². The molecule has 18 heavy (non-hydrogen) atoms. The SMILES string of the molecule is C=C(C)CNC(=O)c1sc2cccc(Br)c2c1N. The quantitative estimate of drug-likeness (QED) is 0.848. The zero-order valence-electron chi connectivity index (χ0n) is 9.92. The summed E-state index contributed by atoms with van der Waals surface area (Å²) < 4.78 is 1.91. The molecule has 2 rings (SSSR count). The van der Waals surface area contributed by atoms with E-state index in [1.54, 1.807) is 0 Å². The molecule has 1 heterocycles. The molecular formula is C13H13BrN2OS. The molecule has 94 valence electrons. The Morgan fingerprint density at radius 2 is 2.28 bits per heavy atom. The van der Waals surface area contributed by atoms with Gasteiger partial charge < -0.3 is 11.1 Å². The van der Waals surface area contributed by atoms with Gasteiger partial charge in [-0.15, -0.1) is 11.3 Å². The summed E-state index contributed by atoms with van der Waals surface area (Å²) in [5.41, 5.74) is 7.48. The third kappa shape index (κ3) is 2.42. The van der Waals surface area contributed by atoms with Gasteiger partial charge in [0.15, 0.2) is 0 Å². The van der Waals surface area contributed by atoms with E-state index in [4.69, 9.17) is 5.73 Å². The van der Waals surface area contributed by atoms with Crippen molar-refractivity contribution in [2.75, 3.05) is 12.3 Å². The Labute approximate surface area is 118 Å². The highest BCUT2D eigenvalue weighted by molar-refractivity contribution is 9.10. The summed E-state index contributed by atoms with van der Waals surface area (Å²) in [7, 11) is 0. The maximum Gasteiger partial charge on any atom is 0.263 e. The van der Waals surface area contributed by atoms with Crippen LogP contribution in [0.1, 0.15) is 16.6 Å². The van der Waals surface area contributed by atoms with Crippen LogP contribution in [0.15, 0.2) is 34.8 Å². The van der Waals surface area contributed by atoms with Crippen molar-refractivity contribution in [1.29, 1.82) is 0 Å². The summed E-state index contributed by atoms with van der Waals surface area (Å²) in [6.07, 6.45) is 0. The maximum atomic E-state index is 12.0. The van der Waals surface area contributed by atoms with Gasteiger partial charge in [-0.2, -0.15) is 0 Å². The van der Waals surface area contributed by atoms with E-state index in [2.05, 4.69) is 27.8 Å². The number of anilines is 1. The lowest BCUT2D eigenvalue weighted by atomic mass is 10.2. The highest BCUT2D eigenvalue weighted by Gasteiger charge is 2.17. The number of carbonyl (C=O) groups is 1. The number of nitrogens with one attached hydrogen (secondary N) is 1. The van der Waals surface area contributed by atoms with Gasteiger partial charge in [-0.1, -0.05) is 34.1 Å². The highest BCUT2D eigenvalue weighted by atomic mass is 79.9. The van der Waals surface area contributed by atoms with Gasteiger partial charge in [0.05, 0.1) is 5.69 Å². The average molecular weight is 325 g/mol. The number of hydrogen-bond acceptors (Lipinski definition) is 3. The van der Waals surface area contributed by atoms with Crippen LogP contribution in [0.2, 0.25) is 0 Å². The van der Waals surface area contributed by atoms with Gasteiger partial charge >= 0.3 is 0 Å². The molecule has 2 aromatic rings. The van der Waals surface area contributed by atoms with Crippen molar-refractivity contribution in [2.45, 2.75) is 6.92 Å². The lowest BCUT2D eigenvalue weighted by Crippen LogP contribution is -2.24. The predicted octanol–water partition coefficient (Wildman–Crippen LogP) is 3.55. The molecule has 0 saturated carbocycles. The summed E-state index contributed by atoms with van der Waals surface area (Å²) >= 11 is 4.85. The zero-order valence-corrected chi connectivity index (χ0v) is 12.3. The topological polar surface area (TPSA) is 55.1 Å². The number of hydrogen-bond donors (Lipinski definition) is 2. The Kier molecular flexibility index (Phi) is 3.73. The molecule has 0 fully saturated rings. The number of benzene rings is 1. The van der Waals surface area contributed by atoms with Crippen molar-refractivity contribution in [1.82, 2.24) is 5.32 Å². The van der Waals surface area contributed by atoms with Crippen LogP contribution in [-0.4, -0.2) is 12.5 Å². The number of halogens is 1. The van der Waals surface area contributed by atoms with Gasteiger partial charge in [0.1, 0.15) is 4.88 Å². The van der Waals surface area contributed by atoms with Crippen molar-refractivity contribution in [3.63, 3.8) is 0 Å². The fourth-order valence-electron chi connectivity index (χ4n) is 1.61. The maximum absolute atomic E-state index is 12.0. The summed E-state index contributed by atoms with van der Waals surface area (Å²) in [6.45, 7) is 6.08. The first-order valence-electron chi connectivity index (χ1n) is 5.39. The molecular weight excluding hydrogens is 312 g/mol. The fraction of sp³-hybridized carbons (Fsp3) is 0.154. The van der Waals surface area contributed by atoms with E-state index in [1.807, 2.05) is 25.1 Å². The summed E-state index contributed by atoms with van der Waals surface area (Å²) in [6, 6.07) is 5.80. The molecule has 0 aliphatic heterocycles. The Hall–Kier alpha value is -1.33. The van der Waals surface area contributed by atoms with Crippen molar-refractivity contribution in [3.8, 4) is 0 Å². The minimum absolute atomic E-state index is 0.149. The Morgan fingerprint density at radius 1 is 1.56 bits per heavy atom. The van der Waals surface area contributed by atoms with Crippen molar-refractivity contribution in [3.05, 3.63) is 39.7 Å². The van der Waals surface area contributed by atoms with Crippen molar-refractivity contribution >= 4 is 48.9 Å². The van der Waals surface area contributed by atoms with E-state index in [1.165, 1.54) is 11.3 Å². The number of fused-ring (bicyclic) bond motifs is 1. The lowest BCUT2D eigenvalue weighted by molar-refractivity contribution is 0.0962. The first-order valence-corrected chi connectivity index (χ1v) is 7.00. The van der Waals surface area contributed by atoms with Gasteiger partial charge in [-0.3, -0.25) is 4.79 Å². The minimum atomic E-state index is -0.149. The van der Waals surface area contributed by atoms with Crippen LogP contribution in [0.25, 0.3) is 10.1 Å². The second kappa shape index (κ2) is 5.12. The number of carbonyl (C=O) groups excluding carboxylic acids is 1. The van der Waals surface area contributed by atoms with Crippen LogP contribution in [0.4, 0.5) is 5.69 Å². The molecule has 0 aliphatic rings. The second-order valence-corrected chi connectivity index (χ2v) is 6.00. The normalized spacial score (nSPS) is 10.6. The van der Waals surface area contributed by atoms with Gasteiger partial charge in [-0.05, 0) is 19.1 Å². The van der Waals surface area contributed by atoms with Crippen LogP contribution < -0.4 is 11.1 Å². The van der Waals surface area contributed by atoms with E-state index >= 15 is 0 Å². The van der Waals surface area contributed by atoms with E-state index < -0.39 is 0 Å². The van der Waals surface area contributed by atoms with Crippen LogP contribution in [0.5, 0.6) is 0 Å². The average Bonchev–Trinajstić information content (AvgIpc) is 2.65. The van der Waals surface area contributed by atoms with Crippen LogP contribution >= 0.6 is 27.3 Å². The van der Waals surface area contributed by atoms with Gasteiger partial charge in [0.25, 0.3) is 5.91 Å². The Morgan fingerprint density at radius 3 is 2.89 bits per heavy atom. The van der Waals surface area contributed by atoms with Crippen molar-refractivity contribution < 1.29 is 4.79 Å². The molecule has 1 aromatic carbocycles. The predicted molar refractivity (Wildman–Crippen MR) is 81.1 cm³/mol.